The quantitative estimate of drug-likeness (QED) is 0.510. The van der Waals surface area contributed by atoms with Gasteiger partial charge in [-0.2, -0.15) is 5.26 Å². The smallest absolute Gasteiger partial charge is 0.219 e. The van der Waals surface area contributed by atoms with E-state index in [9.17, 15) is 10.1 Å². The molecule has 4 rings (SSSR count). The van der Waals surface area contributed by atoms with Crippen molar-refractivity contribution in [2.75, 3.05) is 32.0 Å². The monoisotopic (exact) mass is 527 g/mol. The zero-order valence-corrected chi connectivity index (χ0v) is 22.8. The van der Waals surface area contributed by atoms with Crippen molar-refractivity contribution in [2.45, 2.75) is 43.9 Å². The van der Waals surface area contributed by atoms with Gasteiger partial charge in [0.25, 0.3) is 0 Å². The van der Waals surface area contributed by atoms with E-state index in [0.29, 0.717) is 46.4 Å². The van der Waals surface area contributed by atoms with Crippen LogP contribution < -0.4 is 24.8 Å². The Morgan fingerprint density at radius 3 is 2.44 bits per heavy atom. The second kappa shape index (κ2) is 10.0. The summed E-state index contributed by atoms with van der Waals surface area (Å²) in [4.78, 5) is 15.5. The van der Waals surface area contributed by atoms with Gasteiger partial charge in [-0.25, -0.2) is 0 Å². The maximum Gasteiger partial charge on any atom is 0.219 e. The number of rotatable bonds is 7. The standard InChI is InChI=1S/C25H29N5O4S2/c1-7-35-24-29-28-23(36-24)30-15-10-25(2,3)11-16(31)21(15)20(14(12-26)22(30)27)13-8-18(33-5)19(34-6)9-17(13)32-4/h8-9,20H,7,10-11,27H2,1-6H3. The molecule has 1 unspecified atom stereocenters. The third kappa shape index (κ3) is 4.40. The van der Waals surface area contributed by atoms with Crippen LogP contribution in [0.25, 0.3) is 0 Å². The number of allylic oxidation sites excluding steroid dienone is 3. The minimum absolute atomic E-state index is 0.0407. The third-order valence-corrected chi connectivity index (χ3v) is 8.21. The molecular formula is C25H29N5O4S2. The first-order chi connectivity index (χ1) is 17.2. The molecule has 1 aliphatic carbocycles. The summed E-state index contributed by atoms with van der Waals surface area (Å²) in [6.07, 6.45) is 0.923. The average Bonchev–Trinajstić information content (AvgIpc) is 3.29. The van der Waals surface area contributed by atoms with Crippen molar-refractivity contribution in [2.24, 2.45) is 11.1 Å². The highest BCUT2D eigenvalue weighted by molar-refractivity contribution is 8.01. The van der Waals surface area contributed by atoms with Crippen LogP contribution in [0.1, 0.15) is 45.1 Å². The van der Waals surface area contributed by atoms with E-state index in [2.05, 4.69) is 30.1 Å². The van der Waals surface area contributed by atoms with Crippen molar-refractivity contribution in [1.82, 2.24) is 10.2 Å². The van der Waals surface area contributed by atoms with Crippen molar-refractivity contribution in [1.29, 1.82) is 5.26 Å². The molecule has 0 radical (unpaired) electrons. The molecule has 2 aliphatic rings. The summed E-state index contributed by atoms with van der Waals surface area (Å²) in [6, 6.07) is 5.72. The number of ether oxygens (including phenoxy) is 3. The lowest BCUT2D eigenvalue weighted by atomic mass is 9.68. The van der Waals surface area contributed by atoms with E-state index in [1.54, 1.807) is 28.8 Å². The maximum absolute atomic E-state index is 13.8. The molecule has 1 aliphatic heterocycles. The first-order valence-electron chi connectivity index (χ1n) is 11.4. The molecule has 1 aromatic heterocycles. The lowest BCUT2D eigenvalue weighted by molar-refractivity contribution is -0.118. The van der Waals surface area contributed by atoms with Crippen molar-refractivity contribution in [3.63, 3.8) is 0 Å². The Morgan fingerprint density at radius 2 is 1.83 bits per heavy atom. The lowest BCUT2D eigenvalue weighted by Gasteiger charge is -2.42. The summed E-state index contributed by atoms with van der Waals surface area (Å²) >= 11 is 2.97. The Balaban J connectivity index is 2.01. The van der Waals surface area contributed by atoms with Crippen LogP contribution in [0.15, 0.2) is 39.1 Å². The number of hydrogen-bond acceptors (Lipinski definition) is 11. The third-order valence-electron chi connectivity index (χ3n) is 6.28. The number of hydrogen-bond donors (Lipinski definition) is 1. The largest absolute Gasteiger partial charge is 0.496 e. The van der Waals surface area contributed by atoms with E-state index in [1.165, 1.54) is 32.7 Å². The minimum Gasteiger partial charge on any atom is -0.496 e. The first-order valence-corrected chi connectivity index (χ1v) is 13.2. The van der Waals surface area contributed by atoms with E-state index < -0.39 is 5.92 Å². The number of benzene rings is 1. The molecule has 0 bridgehead atoms. The van der Waals surface area contributed by atoms with Gasteiger partial charge in [-0.1, -0.05) is 43.9 Å². The van der Waals surface area contributed by atoms with Gasteiger partial charge in [0.2, 0.25) is 5.13 Å². The Kier molecular flexibility index (Phi) is 7.20. The average molecular weight is 528 g/mol. The number of nitrogens with two attached hydrogens (primary N) is 1. The van der Waals surface area contributed by atoms with Crippen molar-refractivity contribution in [3.8, 4) is 23.3 Å². The molecule has 9 nitrogen and oxygen atoms in total. The van der Waals surface area contributed by atoms with E-state index in [1.807, 2.05) is 6.92 Å². The Labute approximate surface area is 218 Å². The van der Waals surface area contributed by atoms with Crippen LogP contribution in [0.5, 0.6) is 17.2 Å². The van der Waals surface area contributed by atoms with Crippen LogP contribution in [0.2, 0.25) is 0 Å². The molecule has 1 atom stereocenters. The van der Waals surface area contributed by atoms with E-state index in [0.717, 1.165) is 15.8 Å². The van der Waals surface area contributed by atoms with Crippen LogP contribution in [0, 0.1) is 16.7 Å². The van der Waals surface area contributed by atoms with Crippen molar-refractivity contribution >= 4 is 34.0 Å². The SMILES string of the molecule is CCSc1nnc(N2C(N)=C(C#N)C(c3cc(OC)c(OC)cc3OC)C3=C2CC(C)(C)CC3=O)s1. The van der Waals surface area contributed by atoms with Crippen LogP contribution in [-0.4, -0.2) is 43.1 Å². The van der Waals surface area contributed by atoms with Gasteiger partial charge in [0, 0.05) is 29.3 Å². The topological polar surface area (TPSA) is 124 Å². The Morgan fingerprint density at radius 1 is 1.17 bits per heavy atom. The van der Waals surface area contributed by atoms with Crippen LogP contribution in [0.3, 0.4) is 0 Å². The second-order valence-corrected chi connectivity index (χ2v) is 11.7. The first kappa shape index (κ1) is 25.9. The van der Waals surface area contributed by atoms with Gasteiger partial charge < -0.3 is 19.9 Å². The molecule has 190 valence electrons. The normalized spacial score (nSPS) is 19.2. The molecule has 0 saturated heterocycles. The Hall–Kier alpha value is -3.23. The van der Waals surface area contributed by atoms with Crippen molar-refractivity contribution in [3.05, 3.63) is 40.4 Å². The number of thioether (sulfide) groups is 1. The Bertz CT molecular complexity index is 1310. The fourth-order valence-electron chi connectivity index (χ4n) is 4.79. The van der Waals surface area contributed by atoms with Crippen LogP contribution in [0.4, 0.5) is 5.13 Å². The number of Topliss-reactive ketones (excluding diaryl/α,β-unsaturated/α-hetero) is 1. The van der Waals surface area contributed by atoms with E-state index in [4.69, 9.17) is 19.9 Å². The number of carbonyl (C=O) groups is 1. The lowest BCUT2D eigenvalue weighted by Crippen LogP contribution is -2.42. The van der Waals surface area contributed by atoms with Gasteiger partial charge in [-0.05, 0) is 23.7 Å². The van der Waals surface area contributed by atoms with Gasteiger partial charge in [-0.3, -0.25) is 9.69 Å². The molecule has 2 aromatic rings. The number of aromatic nitrogens is 2. The summed E-state index contributed by atoms with van der Waals surface area (Å²) in [7, 11) is 4.61. The highest BCUT2D eigenvalue weighted by Gasteiger charge is 2.46. The number of methoxy groups -OCH3 is 3. The van der Waals surface area contributed by atoms with Gasteiger partial charge in [-0.15, -0.1) is 10.2 Å². The fourth-order valence-corrected chi connectivity index (χ4v) is 6.57. The second-order valence-electron chi connectivity index (χ2n) is 9.21. The maximum atomic E-state index is 13.8. The zero-order chi connectivity index (χ0) is 26.2. The predicted molar refractivity (Wildman–Crippen MR) is 139 cm³/mol. The highest BCUT2D eigenvalue weighted by atomic mass is 32.2. The van der Waals surface area contributed by atoms with Gasteiger partial charge >= 0.3 is 0 Å². The van der Waals surface area contributed by atoms with Crippen LogP contribution in [-0.2, 0) is 4.79 Å². The molecule has 0 saturated carbocycles. The summed E-state index contributed by atoms with van der Waals surface area (Å²) in [6.45, 7) is 6.15. The molecule has 1 aromatic carbocycles. The number of ketones is 1. The minimum atomic E-state index is -0.725. The number of nitriles is 1. The van der Waals surface area contributed by atoms with E-state index >= 15 is 0 Å². The summed E-state index contributed by atoms with van der Waals surface area (Å²) in [5.74, 6) is 1.72. The molecule has 0 fully saturated rings. The number of carbonyl (C=O) groups excluding carboxylic acids is 1. The van der Waals surface area contributed by atoms with Crippen molar-refractivity contribution < 1.29 is 19.0 Å². The highest BCUT2D eigenvalue weighted by Crippen LogP contribution is 2.53. The molecule has 11 heteroatoms. The molecule has 0 spiro atoms. The molecule has 0 amide bonds. The summed E-state index contributed by atoms with van der Waals surface area (Å²) in [5.41, 5.74) is 8.52. The number of anilines is 1. The van der Waals surface area contributed by atoms with E-state index in [-0.39, 0.29) is 22.6 Å². The molecule has 2 N–H and O–H groups in total. The zero-order valence-electron chi connectivity index (χ0n) is 21.2. The van der Waals surface area contributed by atoms with Gasteiger partial charge in [0.05, 0.1) is 38.9 Å². The molecular weight excluding hydrogens is 498 g/mol. The summed E-state index contributed by atoms with van der Waals surface area (Å²) in [5, 5.41) is 19.5. The molecule has 2 heterocycles. The number of nitrogens with zero attached hydrogens (tertiary/aromatic N) is 4. The van der Waals surface area contributed by atoms with Gasteiger partial charge in [0.15, 0.2) is 21.6 Å². The predicted octanol–water partition coefficient (Wildman–Crippen LogP) is 4.62. The van der Waals surface area contributed by atoms with Gasteiger partial charge in [0.1, 0.15) is 11.6 Å². The van der Waals surface area contributed by atoms with Crippen LogP contribution >= 0.6 is 23.1 Å². The molecule has 36 heavy (non-hydrogen) atoms. The summed E-state index contributed by atoms with van der Waals surface area (Å²) < 4.78 is 17.5. The fraction of sp³-hybridized carbons (Fsp3) is 0.440.